The maximum atomic E-state index is 4.39. The van der Waals surface area contributed by atoms with Gasteiger partial charge in [0.1, 0.15) is 0 Å². The Labute approximate surface area is 161 Å². The first kappa shape index (κ1) is 19.6. The average molecular weight is 504 g/mol. The molecule has 21 heavy (non-hydrogen) atoms. The van der Waals surface area contributed by atoms with Crippen molar-refractivity contribution in [2.45, 2.75) is 19.4 Å². The minimum Gasteiger partial charge on any atom is -0.356 e. The topological polar surface area (TPSA) is 27.6 Å². The average Bonchev–Trinajstić information content (AvgIpc) is 2.86. The Hall–Kier alpha value is 0.530. The molecule has 0 saturated carbocycles. The number of halogens is 2. The number of rotatable bonds is 4. The van der Waals surface area contributed by atoms with Gasteiger partial charge in [0, 0.05) is 25.5 Å². The molecular formula is C14H23BrIN3S2. The van der Waals surface area contributed by atoms with Crippen LogP contribution in [0.4, 0.5) is 0 Å². The highest BCUT2D eigenvalue weighted by Crippen LogP contribution is 2.23. The lowest BCUT2D eigenvalue weighted by molar-refractivity contribution is 0.442. The van der Waals surface area contributed by atoms with E-state index < -0.39 is 0 Å². The summed E-state index contributed by atoms with van der Waals surface area (Å²) in [6.07, 6.45) is 2.66. The molecular weight excluding hydrogens is 481 g/mol. The number of thiophene rings is 1. The van der Waals surface area contributed by atoms with E-state index in [4.69, 9.17) is 0 Å². The first-order valence-corrected chi connectivity index (χ1v) is 9.69. The van der Waals surface area contributed by atoms with Gasteiger partial charge in [0.25, 0.3) is 0 Å². The van der Waals surface area contributed by atoms with Crippen molar-refractivity contribution < 1.29 is 0 Å². The van der Waals surface area contributed by atoms with E-state index in [0.717, 1.165) is 25.0 Å². The lowest BCUT2D eigenvalue weighted by atomic mass is 10.0. The lowest BCUT2D eigenvalue weighted by Gasteiger charge is -2.26. The van der Waals surface area contributed by atoms with Crippen molar-refractivity contribution in [1.29, 1.82) is 0 Å². The minimum absolute atomic E-state index is 0. The second-order valence-electron chi connectivity index (χ2n) is 5.05. The SMILES string of the molecule is CN=C(NCC1CCSCC1)N(C)Cc1ccc(Br)s1.I. The van der Waals surface area contributed by atoms with Crippen LogP contribution in [0.2, 0.25) is 0 Å². The molecule has 3 nitrogen and oxygen atoms in total. The Morgan fingerprint density at radius 1 is 1.43 bits per heavy atom. The molecule has 2 heterocycles. The standard InChI is InChI=1S/C14H22BrN3S2.HI/c1-16-14(17-9-11-5-7-19-8-6-11)18(2)10-12-3-4-13(15)20-12;/h3-4,11H,5-10H2,1-2H3,(H,16,17);1H. The van der Waals surface area contributed by atoms with Crippen molar-refractivity contribution in [2.75, 3.05) is 32.1 Å². The molecule has 0 amide bonds. The summed E-state index contributed by atoms with van der Waals surface area (Å²) in [7, 11) is 3.96. The van der Waals surface area contributed by atoms with Gasteiger partial charge in [0.2, 0.25) is 0 Å². The van der Waals surface area contributed by atoms with Gasteiger partial charge < -0.3 is 10.2 Å². The van der Waals surface area contributed by atoms with E-state index in [2.05, 4.69) is 62.1 Å². The highest BCUT2D eigenvalue weighted by molar-refractivity contribution is 14.0. The van der Waals surface area contributed by atoms with Crippen molar-refractivity contribution >= 4 is 69.0 Å². The monoisotopic (exact) mass is 503 g/mol. The molecule has 1 aliphatic heterocycles. The number of guanidine groups is 1. The number of thioether (sulfide) groups is 1. The summed E-state index contributed by atoms with van der Waals surface area (Å²) in [5.41, 5.74) is 0. The highest BCUT2D eigenvalue weighted by Gasteiger charge is 2.15. The fourth-order valence-electron chi connectivity index (χ4n) is 2.32. The normalized spacial score (nSPS) is 16.4. The fourth-order valence-corrected chi connectivity index (χ4v) is 5.06. The molecule has 1 aromatic heterocycles. The molecule has 0 atom stereocenters. The van der Waals surface area contributed by atoms with Gasteiger partial charge >= 0.3 is 0 Å². The van der Waals surface area contributed by atoms with Gasteiger partial charge in [0.05, 0.1) is 10.3 Å². The Bertz CT molecular complexity index is 447. The molecule has 0 spiro atoms. The van der Waals surface area contributed by atoms with Crippen LogP contribution in [0.15, 0.2) is 20.9 Å². The van der Waals surface area contributed by atoms with Crippen molar-refractivity contribution in [3.63, 3.8) is 0 Å². The number of hydrogen-bond donors (Lipinski definition) is 1. The summed E-state index contributed by atoms with van der Waals surface area (Å²) in [6, 6.07) is 4.26. The van der Waals surface area contributed by atoms with Gasteiger partial charge in [-0.2, -0.15) is 11.8 Å². The smallest absolute Gasteiger partial charge is 0.193 e. The van der Waals surface area contributed by atoms with Crippen LogP contribution >= 0.6 is 63.0 Å². The van der Waals surface area contributed by atoms with Crippen molar-refractivity contribution in [3.05, 3.63) is 20.8 Å². The predicted molar refractivity (Wildman–Crippen MR) is 110 cm³/mol. The number of nitrogens with one attached hydrogen (secondary N) is 1. The van der Waals surface area contributed by atoms with Gasteiger partial charge in [-0.3, -0.25) is 4.99 Å². The maximum Gasteiger partial charge on any atom is 0.193 e. The van der Waals surface area contributed by atoms with E-state index in [1.807, 2.05) is 7.05 Å². The van der Waals surface area contributed by atoms with Crippen LogP contribution in [0.3, 0.4) is 0 Å². The van der Waals surface area contributed by atoms with E-state index >= 15 is 0 Å². The zero-order chi connectivity index (χ0) is 14.4. The predicted octanol–water partition coefficient (Wildman–Crippen LogP) is 4.28. The molecule has 1 fully saturated rings. The highest BCUT2D eigenvalue weighted by atomic mass is 127. The zero-order valence-corrected chi connectivity index (χ0v) is 18.0. The molecule has 0 aliphatic carbocycles. The number of aliphatic imine (C=N–C) groups is 1. The molecule has 1 aliphatic rings. The zero-order valence-electron chi connectivity index (χ0n) is 12.5. The summed E-state index contributed by atoms with van der Waals surface area (Å²) in [4.78, 5) is 7.93. The molecule has 120 valence electrons. The molecule has 7 heteroatoms. The molecule has 2 rings (SSSR count). The quantitative estimate of drug-likeness (QED) is 0.377. The van der Waals surface area contributed by atoms with Crippen molar-refractivity contribution in [3.8, 4) is 0 Å². The van der Waals surface area contributed by atoms with Gasteiger partial charge in [-0.15, -0.1) is 35.3 Å². The van der Waals surface area contributed by atoms with E-state index in [0.29, 0.717) is 0 Å². The summed E-state index contributed by atoms with van der Waals surface area (Å²) in [5, 5.41) is 3.53. The van der Waals surface area contributed by atoms with E-state index in [1.165, 1.54) is 33.0 Å². The Morgan fingerprint density at radius 2 is 2.14 bits per heavy atom. The second-order valence-corrected chi connectivity index (χ2v) is 8.82. The fraction of sp³-hybridized carbons (Fsp3) is 0.643. The largest absolute Gasteiger partial charge is 0.356 e. The van der Waals surface area contributed by atoms with Gasteiger partial charge in [-0.1, -0.05) is 0 Å². The van der Waals surface area contributed by atoms with Crippen molar-refractivity contribution in [1.82, 2.24) is 10.2 Å². The minimum atomic E-state index is 0. The number of nitrogens with zero attached hydrogens (tertiary/aromatic N) is 2. The Kier molecular flexibility index (Phi) is 9.63. The maximum absolute atomic E-state index is 4.39. The van der Waals surface area contributed by atoms with Gasteiger partial charge in [-0.05, 0) is 58.3 Å². The van der Waals surface area contributed by atoms with Crippen LogP contribution < -0.4 is 5.32 Å². The third kappa shape index (κ3) is 6.66. The first-order valence-electron chi connectivity index (χ1n) is 6.92. The van der Waals surface area contributed by atoms with E-state index in [1.54, 1.807) is 11.3 Å². The summed E-state index contributed by atoms with van der Waals surface area (Å²) in [5.74, 6) is 4.42. The lowest BCUT2D eigenvalue weighted by Crippen LogP contribution is -2.41. The molecule has 0 unspecified atom stereocenters. The number of hydrogen-bond acceptors (Lipinski definition) is 3. The summed E-state index contributed by atoms with van der Waals surface area (Å²) < 4.78 is 1.18. The Balaban J connectivity index is 0.00000220. The summed E-state index contributed by atoms with van der Waals surface area (Å²) in [6.45, 7) is 1.95. The molecule has 1 N–H and O–H groups in total. The third-order valence-corrected chi connectivity index (χ3v) is 6.14. The van der Waals surface area contributed by atoms with E-state index in [-0.39, 0.29) is 24.0 Å². The van der Waals surface area contributed by atoms with Gasteiger partial charge in [0.15, 0.2) is 5.96 Å². The van der Waals surface area contributed by atoms with Crippen LogP contribution in [0.5, 0.6) is 0 Å². The molecule has 0 radical (unpaired) electrons. The second kappa shape index (κ2) is 10.3. The van der Waals surface area contributed by atoms with Crippen molar-refractivity contribution in [2.24, 2.45) is 10.9 Å². The van der Waals surface area contributed by atoms with Crippen LogP contribution in [-0.2, 0) is 6.54 Å². The molecule has 0 aromatic carbocycles. The van der Waals surface area contributed by atoms with Crippen LogP contribution in [-0.4, -0.2) is 43.0 Å². The molecule has 1 aromatic rings. The van der Waals surface area contributed by atoms with Gasteiger partial charge in [-0.25, -0.2) is 0 Å². The Morgan fingerprint density at radius 3 is 2.71 bits per heavy atom. The third-order valence-electron chi connectivity index (χ3n) is 3.48. The molecule has 0 bridgehead atoms. The first-order chi connectivity index (χ1) is 9.69. The molecule has 1 saturated heterocycles. The van der Waals surface area contributed by atoms with E-state index in [9.17, 15) is 0 Å². The van der Waals surface area contributed by atoms with Crippen LogP contribution in [0, 0.1) is 5.92 Å². The van der Waals surface area contributed by atoms with Crippen LogP contribution in [0.25, 0.3) is 0 Å². The summed E-state index contributed by atoms with van der Waals surface area (Å²) >= 11 is 7.37. The van der Waals surface area contributed by atoms with Crippen LogP contribution in [0.1, 0.15) is 17.7 Å².